The molecule has 0 aromatic heterocycles. The van der Waals surface area contributed by atoms with Gasteiger partial charge in [-0.05, 0) is 13.1 Å². The van der Waals surface area contributed by atoms with Crippen molar-refractivity contribution in [2.24, 2.45) is 0 Å². The molecule has 0 fully saturated rings. The number of carboxylic acids is 4. The van der Waals surface area contributed by atoms with Crippen LogP contribution in [0.3, 0.4) is 0 Å². The molecule has 0 spiro atoms. The minimum absolute atomic E-state index is 0. The van der Waals surface area contributed by atoms with Crippen molar-refractivity contribution < 1.29 is 92.4 Å². The van der Waals surface area contributed by atoms with E-state index in [2.05, 4.69) is 19.2 Å². The first-order chi connectivity index (χ1) is 9.34. The van der Waals surface area contributed by atoms with Crippen LogP contribution in [0.25, 0.3) is 0 Å². The number of carboxylic acid groups (broad SMARTS) is 4. The third-order valence-electron chi connectivity index (χ3n) is 0.500. The average molecular weight is 353 g/mol. The Bertz CT molecular complexity index is 212. The Morgan fingerprint density at radius 3 is 0.773 bits per heavy atom. The van der Waals surface area contributed by atoms with Crippen molar-refractivity contribution >= 4 is 23.9 Å². The van der Waals surface area contributed by atoms with Gasteiger partial charge in [-0.25, -0.2) is 0 Å². The minimum Gasteiger partial charge on any atom is -1.00 e. The molecular weight excluding hydrogens is 325 g/mol. The zero-order valence-corrected chi connectivity index (χ0v) is 17.5. The van der Waals surface area contributed by atoms with Crippen LogP contribution in [0, 0.1) is 0 Å². The second-order valence-electron chi connectivity index (χ2n) is 3.03. The van der Waals surface area contributed by atoms with Crippen LogP contribution in [0.1, 0.15) is 43.0 Å². The normalized spacial score (nSPS) is 6.45. The molecule has 0 aliphatic rings. The van der Waals surface area contributed by atoms with Gasteiger partial charge in [-0.2, -0.15) is 0 Å². The van der Waals surface area contributed by atoms with Crippen LogP contribution in [-0.4, -0.2) is 57.4 Å². The van der Waals surface area contributed by atoms with Gasteiger partial charge in [0, 0.05) is 27.7 Å². The Balaban J connectivity index is -0.0000000273. The van der Waals surface area contributed by atoms with Crippen LogP contribution in [0.4, 0.5) is 0 Å². The van der Waals surface area contributed by atoms with E-state index in [0.717, 1.165) is 40.8 Å². The molecule has 0 radical (unpaired) electrons. The minimum atomic E-state index is -0.833. The fourth-order valence-electron chi connectivity index (χ4n) is 0.250. The van der Waals surface area contributed by atoms with Gasteiger partial charge in [0.2, 0.25) is 0 Å². The van der Waals surface area contributed by atoms with Crippen molar-refractivity contribution in [2.75, 3.05) is 13.1 Å². The molecule has 0 atom stereocenters. The fraction of sp³-hybridized carbons (Fsp3) is 0.667. The summed E-state index contributed by atoms with van der Waals surface area (Å²) in [6.45, 7) is 10.7. The van der Waals surface area contributed by atoms with E-state index in [1.54, 1.807) is 0 Å². The molecule has 0 aromatic carbocycles. The molecule has 0 aliphatic carbocycles. The molecular formula is C12H28KNO8. The summed E-state index contributed by atoms with van der Waals surface area (Å²) in [6.07, 6.45) is 0. The maximum Gasteiger partial charge on any atom is 1.00 e. The summed E-state index contributed by atoms with van der Waals surface area (Å²) in [5, 5.41) is 32.8. The second kappa shape index (κ2) is 37.1. The van der Waals surface area contributed by atoms with Crippen molar-refractivity contribution in [1.82, 2.24) is 5.32 Å². The molecule has 130 valence electrons. The third-order valence-corrected chi connectivity index (χ3v) is 0.500. The van der Waals surface area contributed by atoms with Gasteiger partial charge in [0.25, 0.3) is 23.9 Å². The van der Waals surface area contributed by atoms with Crippen molar-refractivity contribution in [3.05, 3.63) is 0 Å². The van der Waals surface area contributed by atoms with Gasteiger partial charge in [-0.3, -0.25) is 19.2 Å². The number of aliphatic carboxylic acids is 4. The Labute approximate surface area is 175 Å². The number of carbonyl (C=O) groups is 4. The zero-order chi connectivity index (χ0) is 18.4. The molecule has 10 heteroatoms. The second-order valence-corrected chi connectivity index (χ2v) is 3.03. The smallest absolute Gasteiger partial charge is 1.00 e. The van der Waals surface area contributed by atoms with Crippen molar-refractivity contribution in [3.8, 4) is 0 Å². The molecule has 0 aliphatic heterocycles. The number of nitrogens with one attached hydrogen (secondary N) is 1. The largest absolute Gasteiger partial charge is 1.00 e. The van der Waals surface area contributed by atoms with Crippen LogP contribution < -0.4 is 56.7 Å². The predicted molar refractivity (Wildman–Crippen MR) is 78.6 cm³/mol. The van der Waals surface area contributed by atoms with Gasteiger partial charge in [-0.1, -0.05) is 13.8 Å². The number of rotatable bonds is 2. The van der Waals surface area contributed by atoms with Gasteiger partial charge in [0.1, 0.15) is 0 Å². The number of hydrogen-bond donors (Lipinski definition) is 5. The quantitative estimate of drug-likeness (QED) is 0.357. The summed E-state index contributed by atoms with van der Waals surface area (Å²) in [7, 11) is 0. The van der Waals surface area contributed by atoms with Crippen molar-refractivity contribution in [2.45, 2.75) is 41.5 Å². The molecule has 9 nitrogen and oxygen atoms in total. The van der Waals surface area contributed by atoms with E-state index in [1.807, 2.05) is 0 Å². The molecule has 0 heterocycles. The molecule has 0 saturated heterocycles. The van der Waals surface area contributed by atoms with Crippen molar-refractivity contribution in [3.63, 3.8) is 0 Å². The van der Waals surface area contributed by atoms with E-state index in [-0.39, 0.29) is 52.8 Å². The maximum atomic E-state index is 9.00. The molecule has 0 bridgehead atoms. The van der Waals surface area contributed by atoms with Crippen LogP contribution >= 0.6 is 0 Å². The standard InChI is InChI=1S/C4H11N.4C2H4O2.K.H/c1-3-5-4-2;4*1-2(3)4;;/h5H,3-4H2,1-2H3;4*1H3,(H,3,4);;/q;;;;;+1;-1. The molecule has 0 rings (SSSR count). The van der Waals surface area contributed by atoms with Gasteiger partial charge in [0.05, 0.1) is 0 Å². The van der Waals surface area contributed by atoms with Gasteiger partial charge >= 0.3 is 51.4 Å². The molecule has 0 aromatic rings. The summed E-state index contributed by atoms with van der Waals surface area (Å²) < 4.78 is 0. The SMILES string of the molecule is CC(=O)O.CC(=O)O.CC(=O)O.CC(=O)O.CCNCC.[H-].[K+]. The number of hydrogen-bond acceptors (Lipinski definition) is 5. The Morgan fingerprint density at radius 1 is 0.682 bits per heavy atom. The van der Waals surface area contributed by atoms with E-state index in [4.69, 9.17) is 39.6 Å². The first-order valence-electron chi connectivity index (χ1n) is 5.83. The van der Waals surface area contributed by atoms with E-state index >= 15 is 0 Å². The summed E-state index contributed by atoms with van der Waals surface area (Å²) in [4.78, 5) is 36.0. The predicted octanol–water partition coefficient (Wildman–Crippen LogP) is -1.90. The van der Waals surface area contributed by atoms with Gasteiger partial charge < -0.3 is 27.2 Å². The molecule has 22 heavy (non-hydrogen) atoms. The van der Waals surface area contributed by atoms with Crippen LogP contribution in [0.15, 0.2) is 0 Å². The first-order valence-corrected chi connectivity index (χ1v) is 5.83. The molecule has 0 unspecified atom stereocenters. The van der Waals surface area contributed by atoms with E-state index in [0.29, 0.717) is 0 Å². The molecule has 0 saturated carbocycles. The van der Waals surface area contributed by atoms with Gasteiger partial charge in [-0.15, -0.1) is 0 Å². The summed E-state index contributed by atoms with van der Waals surface area (Å²) in [5.41, 5.74) is 0. The fourth-order valence-corrected chi connectivity index (χ4v) is 0.250. The van der Waals surface area contributed by atoms with Gasteiger partial charge in [0.15, 0.2) is 0 Å². The molecule has 5 N–H and O–H groups in total. The topological polar surface area (TPSA) is 161 Å². The van der Waals surface area contributed by atoms with E-state index < -0.39 is 23.9 Å². The van der Waals surface area contributed by atoms with Crippen LogP contribution in [-0.2, 0) is 19.2 Å². The van der Waals surface area contributed by atoms with Crippen LogP contribution in [0.2, 0.25) is 0 Å². The van der Waals surface area contributed by atoms with Crippen molar-refractivity contribution in [1.29, 1.82) is 0 Å². The summed E-state index contributed by atoms with van der Waals surface area (Å²) >= 11 is 0. The molecule has 0 amide bonds. The average Bonchev–Trinajstić information content (AvgIpc) is 2.14. The maximum absolute atomic E-state index is 9.00. The Morgan fingerprint density at radius 2 is 0.773 bits per heavy atom. The summed E-state index contributed by atoms with van der Waals surface area (Å²) in [5.74, 6) is -3.33. The summed E-state index contributed by atoms with van der Waals surface area (Å²) in [6, 6.07) is 0. The first kappa shape index (κ1) is 37.6. The van der Waals surface area contributed by atoms with E-state index in [1.165, 1.54) is 0 Å². The Hall–Kier alpha value is -0.524. The monoisotopic (exact) mass is 353 g/mol. The zero-order valence-electron chi connectivity index (χ0n) is 15.3. The Kier molecular flexibility index (Phi) is 63.3. The third kappa shape index (κ3) is 3050. The van der Waals surface area contributed by atoms with E-state index in [9.17, 15) is 0 Å². The van der Waals surface area contributed by atoms with Crippen LogP contribution in [0.5, 0.6) is 0 Å².